The van der Waals surface area contributed by atoms with E-state index in [9.17, 15) is 8.42 Å². The molecule has 0 bridgehead atoms. The van der Waals surface area contributed by atoms with Gasteiger partial charge in [-0.2, -0.15) is 12.6 Å². The molecule has 128 valence electrons. The predicted molar refractivity (Wildman–Crippen MR) is 101 cm³/mol. The van der Waals surface area contributed by atoms with Gasteiger partial charge in [0.1, 0.15) is 0 Å². The van der Waals surface area contributed by atoms with Crippen LogP contribution in [0.15, 0.2) is 53.4 Å². The SMILES string of the molecule is Cc1ccc(C(S)[C@H]2[C@H](c3ccc(S(N)(=O)=O)cc3)C2(C)C)cc1. The predicted octanol–water partition coefficient (Wildman–Crippen LogP) is 4.05. The fraction of sp³-hybridized carbons (Fsp3) is 0.368. The summed E-state index contributed by atoms with van der Waals surface area (Å²) in [5.74, 6) is 0.764. The third-order valence-corrected chi connectivity index (χ3v) is 6.79. The molecule has 3 nitrogen and oxygen atoms in total. The molecular weight excluding hydrogens is 338 g/mol. The van der Waals surface area contributed by atoms with E-state index in [0.29, 0.717) is 11.8 Å². The monoisotopic (exact) mass is 361 g/mol. The molecule has 0 radical (unpaired) electrons. The summed E-state index contributed by atoms with van der Waals surface area (Å²) < 4.78 is 22.8. The number of hydrogen-bond donors (Lipinski definition) is 2. The van der Waals surface area contributed by atoms with Crippen molar-refractivity contribution in [2.45, 2.75) is 36.8 Å². The van der Waals surface area contributed by atoms with Gasteiger partial charge in [-0.1, -0.05) is 55.8 Å². The van der Waals surface area contributed by atoms with E-state index in [4.69, 9.17) is 17.8 Å². The maximum absolute atomic E-state index is 11.4. The van der Waals surface area contributed by atoms with E-state index in [-0.39, 0.29) is 15.6 Å². The topological polar surface area (TPSA) is 60.2 Å². The van der Waals surface area contributed by atoms with E-state index in [0.717, 1.165) is 5.56 Å². The Bertz CT molecular complexity index is 840. The van der Waals surface area contributed by atoms with Crippen molar-refractivity contribution in [1.29, 1.82) is 0 Å². The minimum absolute atomic E-state index is 0.125. The van der Waals surface area contributed by atoms with Gasteiger partial charge >= 0.3 is 0 Å². The average molecular weight is 362 g/mol. The van der Waals surface area contributed by atoms with Crippen LogP contribution >= 0.6 is 12.6 Å². The molecule has 1 fully saturated rings. The molecule has 24 heavy (non-hydrogen) atoms. The maximum atomic E-state index is 11.4. The molecule has 0 heterocycles. The summed E-state index contributed by atoms with van der Waals surface area (Å²) in [6, 6.07) is 15.5. The summed E-state index contributed by atoms with van der Waals surface area (Å²) in [4.78, 5) is 0.155. The van der Waals surface area contributed by atoms with Gasteiger partial charge in [-0.05, 0) is 47.4 Å². The molecule has 2 aromatic rings. The Hall–Kier alpha value is -1.30. The first-order chi connectivity index (χ1) is 11.1. The Morgan fingerprint density at radius 3 is 2.08 bits per heavy atom. The second-order valence-corrected chi connectivity index (χ2v) is 9.41. The highest BCUT2D eigenvalue weighted by atomic mass is 32.2. The van der Waals surface area contributed by atoms with Gasteiger partial charge in [-0.15, -0.1) is 0 Å². The van der Waals surface area contributed by atoms with Gasteiger partial charge in [0.05, 0.1) is 4.90 Å². The van der Waals surface area contributed by atoms with E-state index in [1.807, 2.05) is 12.1 Å². The molecule has 1 aliphatic carbocycles. The van der Waals surface area contributed by atoms with Crippen molar-refractivity contribution in [3.8, 4) is 0 Å². The Morgan fingerprint density at radius 2 is 1.58 bits per heavy atom. The molecule has 0 spiro atoms. The number of nitrogens with two attached hydrogens (primary N) is 1. The molecule has 1 saturated carbocycles. The molecular formula is C19H23NO2S2. The van der Waals surface area contributed by atoms with Crippen LogP contribution in [0.1, 0.15) is 41.7 Å². The standard InChI is InChI=1S/C19H23NO2S2/c1-12-4-6-14(7-5-12)18(23)17-16(19(17,2)3)13-8-10-15(11-9-13)24(20,21)22/h4-11,16-18,23H,1-3H3,(H2,20,21,22)/t16-,17+,18?/m0/s1. The maximum Gasteiger partial charge on any atom is 0.238 e. The molecule has 1 aliphatic rings. The van der Waals surface area contributed by atoms with Gasteiger partial charge in [-0.3, -0.25) is 0 Å². The number of aryl methyl sites for hydroxylation is 1. The van der Waals surface area contributed by atoms with E-state index in [1.165, 1.54) is 11.1 Å². The number of hydrogen-bond acceptors (Lipinski definition) is 3. The summed E-state index contributed by atoms with van der Waals surface area (Å²) in [7, 11) is -3.65. The number of benzene rings is 2. The van der Waals surface area contributed by atoms with Crippen LogP contribution in [0, 0.1) is 18.3 Å². The summed E-state index contributed by atoms with van der Waals surface area (Å²) in [6.45, 7) is 6.56. The zero-order chi connectivity index (χ0) is 17.7. The van der Waals surface area contributed by atoms with Crippen LogP contribution in [0.2, 0.25) is 0 Å². The lowest BCUT2D eigenvalue weighted by Crippen LogP contribution is -2.11. The summed E-state index contributed by atoms with van der Waals surface area (Å²) in [5, 5.41) is 5.33. The van der Waals surface area contributed by atoms with Crippen LogP contribution in [0.25, 0.3) is 0 Å². The number of sulfonamides is 1. The van der Waals surface area contributed by atoms with E-state index >= 15 is 0 Å². The van der Waals surface area contributed by atoms with Crippen LogP contribution < -0.4 is 5.14 Å². The number of primary sulfonamides is 1. The van der Waals surface area contributed by atoms with Gasteiger partial charge < -0.3 is 0 Å². The smallest absolute Gasteiger partial charge is 0.225 e. The first-order valence-corrected chi connectivity index (χ1v) is 10.1. The molecule has 0 amide bonds. The Labute approximate surface area is 149 Å². The number of thiol groups is 1. The Balaban J connectivity index is 1.85. The minimum Gasteiger partial charge on any atom is -0.225 e. The lowest BCUT2D eigenvalue weighted by molar-refractivity contribution is 0.548. The quantitative estimate of drug-likeness (QED) is 0.807. The highest BCUT2D eigenvalue weighted by molar-refractivity contribution is 7.89. The summed E-state index contributed by atoms with van der Waals surface area (Å²) >= 11 is 4.88. The van der Waals surface area contributed by atoms with Gasteiger partial charge in [0.25, 0.3) is 0 Å². The van der Waals surface area contributed by atoms with Gasteiger partial charge in [0.15, 0.2) is 0 Å². The van der Waals surface area contributed by atoms with E-state index < -0.39 is 10.0 Å². The lowest BCUT2D eigenvalue weighted by Gasteiger charge is -2.13. The van der Waals surface area contributed by atoms with Crippen LogP contribution in [-0.2, 0) is 10.0 Å². The zero-order valence-electron chi connectivity index (χ0n) is 14.1. The molecule has 2 N–H and O–H groups in total. The van der Waals surface area contributed by atoms with Crippen molar-refractivity contribution in [1.82, 2.24) is 0 Å². The summed E-state index contributed by atoms with van der Waals surface area (Å²) in [5.41, 5.74) is 3.74. The third-order valence-electron chi connectivity index (χ3n) is 5.24. The molecule has 0 aliphatic heterocycles. The second-order valence-electron chi connectivity index (χ2n) is 7.29. The zero-order valence-corrected chi connectivity index (χ0v) is 15.8. The van der Waals surface area contributed by atoms with Crippen molar-refractivity contribution in [3.63, 3.8) is 0 Å². The van der Waals surface area contributed by atoms with Crippen LogP contribution in [0.5, 0.6) is 0 Å². The van der Waals surface area contributed by atoms with Crippen molar-refractivity contribution < 1.29 is 8.42 Å². The first-order valence-electron chi connectivity index (χ1n) is 8.00. The fourth-order valence-corrected chi connectivity index (χ4v) is 4.98. The van der Waals surface area contributed by atoms with Crippen LogP contribution in [0.4, 0.5) is 0 Å². The van der Waals surface area contributed by atoms with Gasteiger partial charge in [0, 0.05) is 5.25 Å². The molecule has 3 atom stereocenters. The molecule has 0 aromatic heterocycles. The Kier molecular flexibility index (Phi) is 4.31. The largest absolute Gasteiger partial charge is 0.238 e. The molecule has 1 unspecified atom stereocenters. The first kappa shape index (κ1) is 17.5. The van der Waals surface area contributed by atoms with Crippen LogP contribution in [0.3, 0.4) is 0 Å². The fourth-order valence-electron chi connectivity index (χ4n) is 3.74. The van der Waals surface area contributed by atoms with Crippen molar-refractivity contribution >= 4 is 22.7 Å². The Morgan fingerprint density at radius 1 is 1.04 bits per heavy atom. The highest BCUT2D eigenvalue weighted by Crippen LogP contribution is 2.70. The third kappa shape index (κ3) is 3.13. The summed E-state index contributed by atoms with van der Waals surface area (Å²) in [6.07, 6.45) is 0. The highest BCUT2D eigenvalue weighted by Gasteiger charge is 2.60. The molecule has 3 rings (SSSR count). The molecule has 2 aromatic carbocycles. The number of rotatable bonds is 4. The normalized spacial score (nSPS) is 23.7. The average Bonchev–Trinajstić information content (AvgIpc) is 3.09. The minimum atomic E-state index is -3.65. The van der Waals surface area contributed by atoms with Crippen molar-refractivity contribution in [3.05, 3.63) is 65.2 Å². The lowest BCUT2D eigenvalue weighted by atomic mass is 10.0. The van der Waals surface area contributed by atoms with Gasteiger partial charge in [-0.25, -0.2) is 13.6 Å². The van der Waals surface area contributed by atoms with Crippen molar-refractivity contribution in [2.24, 2.45) is 16.5 Å². The van der Waals surface area contributed by atoms with Gasteiger partial charge in [0.2, 0.25) is 10.0 Å². The van der Waals surface area contributed by atoms with Crippen molar-refractivity contribution in [2.75, 3.05) is 0 Å². The van der Waals surface area contributed by atoms with E-state index in [1.54, 1.807) is 12.1 Å². The molecule has 0 saturated heterocycles. The second kappa shape index (κ2) is 5.90. The molecule has 5 heteroatoms. The van der Waals surface area contributed by atoms with Crippen LogP contribution in [-0.4, -0.2) is 8.42 Å². The van der Waals surface area contributed by atoms with E-state index in [2.05, 4.69) is 45.0 Å².